The van der Waals surface area contributed by atoms with Crippen LogP contribution in [0, 0.1) is 5.92 Å². The molecule has 3 heteroatoms. The first-order valence-corrected chi connectivity index (χ1v) is 3.37. The molecule has 0 aromatic heterocycles. The summed E-state index contributed by atoms with van der Waals surface area (Å²) < 4.78 is 4.57. The third-order valence-electron chi connectivity index (χ3n) is 2.04. The molecular formula is C7H9NO2. The second kappa shape index (κ2) is 1.75. The van der Waals surface area contributed by atoms with Crippen LogP contribution in [0.3, 0.4) is 0 Å². The van der Waals surface area contributed by atoms with Crippen molar-refractivity contribution in [3.8, 4) is 0 Å². The monoisotopic (exact) mass is 139 g/mol. The van der Waals surface area contributed by atoms with Gasteiger partial charge in [0.25, 0.3) is 0 Å². The number of carbonyl (C=O) groups is 1. The molecule has 2 unspecified atom stereocenters. The zero-order valence-electron chi connectivity index (χ0n) is 5.78. The minimum atomic E-state index is -0.235. The van der Waals surface area contributed by atoms with Crippen LogP contribution in [0.5, 0.6) is 0 Å². The van der Waals surface area contributed by atoms with E-state index in [4.69, 9.17) is 0 Å². The summed E-state index contributed by atoms with van der Waals surface area (Å²) >= 11 is 0. The number of nitrogens with zero attached hydrogens (tertiary/aromatic N) is 1. The molecule has 0 spiro atoms. The molecule has 1 aliphatic carbocycles. The van der Waals surface area contributed by atoms with Crippen molar-refractivity contribution in [2.75, 3.05) is 7.11 Å². The molecule has 2 aliphatic rings. The van der Waals surface area contributed by atoms with Gasteiger partial charge in [-0.25, -0.2) is 4.79 Å². The normalized spacial score (nSPS) is 33.9. The van der Waals surface area contributed by atoms with Crippen molar-refractivity contribution < 1.29 is 9.53 Å². The van der Waals surface area contributed by atoms with Crippen molar-refractivity contribution in [3.63, 3.8) is 0 Å². The average Bonchev–Trinajstić information content (AvgIpc) is 2.62. The zero-order chi connectivity index (χ0) is 7.14. The van der Waals surface area contributed by atoms with E-state index < -0.39 is 0 Å². The lowest BCUT2D eigenvalue weighted by atomic mass is 10.4. The molecule has 10 heavy (non-hydrogen) atoms. The summed E-state index contributed by atoms with van der Waals surface area (Å²) in [7, 11) is 1.41. The summed E-state index contributed by atoms with van der Waals surface area (Å²) in [5.41, 5.74) is 0. The SMILES string of the molecule is COC(=O)N1C=CC2CC21. The lowest BCUT2D eigenvalue weighted by Crippen LogP contribution is -2.25. The van der Waals surface area contributed by atoms with Gasteiger partial charge in [0, 0.05) is 18.2 Å². The van der Waals surface area contributed by atoms with Gasteiger partial charge in [-0.05, 0) is 6.42 Å². The van der Waals surface area contributed by atoms with Crippen molar-refractivity contribution in [1.29, 1.82) is 0 Å². The van der Waals surface area contributed by atoms with Crippen molar-refractivity contribution in [2.45, 2.75) is 12.5 Å². The average molecular weight is 139 g/mol. The van der Waals surface area contributed by atoms with Crippen molar-refractivity contribution in [3.05, 3.63) is 12.3 Å². The Balaban J connectivity index is 2.06. The molecule has 1 heterocycles. The van der Waals surface area contributed by atoms with E-state index in [0.717, 1.165) is 6.42 Å². The number of hydrogen-bond acceptors (Lipinski definition) is 2. The lowest BCUT2D eigenvalue weighted by molar-refractivity contribution is 0.139. The molecule has 1 amide bonds. The Labute approximate surface area is 59.3 Å². The quantitative estimate of drug-likeness (QED) is 0.500. The molecule has 0 bridgehead atoms. The largest absolute Gasteiger partial charge is 0.452 e. The minimum Gasteiger partial charge on any atom is -0.452 e. The summed E-state index contributed by atoms with van der Waals surface area (Å²) in [6, 6.07) is 0.424. The Kier molecular flexibility index (Phi) is 1.01. The van der Waals surface area contributed by atoms with Crippen LogP contribution in [0.4, 0.5) is 4.79 Å². The van der Waals surface area contributed by atoms with E-state index in [0.29, 0.717) is 12.0 Å². The summed E-state index contributed by atoms with van der Waals surface area (Å²) in [6.07, 6.45) is 4.75. The molecule has 1 saturated carbocycles. The van der Waals surface area contributed by atoms with Crippen LogP contribution < -0.4 is 0 Å². The molecule has 2 atom stereocenters. The fourth-order valence-electron chi connectivity index (χ4n) is 1.34. The Morgan fingerprint density at radius 3 is 3.00 bits per heavy atom. The Hall–Kier alpha value is -0.990. The fraction of sp³-hybridized carbons (Fsp3) is 0.571. The van der Waals surface area contributed by atoms with Crippen molar-refractivity contribution in [2.24, 2.45) is 5.92 Å². The molecule has 0 aromatic rings. The van der Waals surface area contributed by atoms with E-state index in [1.165, 1.54) is 7.11 Å². The van der Waals surface area contributed by atoms with Gasteiger partial charge in [0.2, 0.25) is 0 Å². The van der Waals surface area contributed by atoms with Gasteiger partial charge in [0.1, 0.15) is 0 Å². The molecule has 2 rings (SSSR count). The molecule has 0 saturated heterocycles. The van der Waals surface area contributed by atoms with E-state index in [1.807, 2.05) is 6.20 Å². The summed E-state index contributed by atoms with van der Waals surface area (Å²) in [5, 5.41) is 0. The van der Waals surface area contributed by atoms with Crippen LogP contribution >= 0.6 is 0 Å². The first-order valence-electron chi connectivity index (χ1n) is 3.37. The number of methoxy groups -OCH3 is 1. The van der Waals surface area contributed by atoms with Crippen LogP contribution in [0.2, 0.25) is 0 Å². The number of fused-ring (bicyclic) bond motifs is 1. The third kappa shape index (κ3) is 0.632. The lowest BCUT2D eigenvalue weighted by Gasteiger charge is -2.12. The van der Waals surface area contributed by atoms with Gasteiger partial charge in [-0.2, -0.15) is 0 Å². The predicted molar refractivity (Wildman–Crippen MR) is 35.3 cm³/mol. The predicted octanol–water partition coefficient (Wildman–Crippen LogP) is 0.971. The molecule has 0 aromatic carbocycles. The topological polar surface area (TPSA) is 29.5 Å². The Bertz CT molecular complexity index is 200. The highest BCUT2D eigenvalue weighted by atomic mass is 16.5. The van der Waals surface area contributed by atoms with E-state index in [9.17, 15) is 4.79 Å². The summed E-state index contributed by atoms with van der Waals surface area (Å²) in [5.74, 6) is 0.624. The third-order valence-corrected chi connectivity index (χ3v) is 2.04. The second-order valence-corrected chi connectivity index (χ2v) is 2.69. The van der Waals surface area contributed by atoms with Gasteiger partial charge in [-0.15, -0.1) is 0 Å². The maximum Gasteiger partial charge on any atom is 0.413 e. The molecule has 1 fully saturated rings. The van der Waals surface area contributed by atoms with Gasteiger partial charge >= 0.3 is 6.09 Å². The van der Waals surface area contributed by atoms with Gasteiger partial charge < -0.3 is 4.74 Å². The number of amides is 1. The first kappa shape index (κ1) is 5.77. The zero-order valence-corrected chi connectivity index (χ0v) is 5.78. The smallest absolute Gasteiger partial charge is 0.413 e. The summed E-state index contributed by atoms with van der Waals surface area (Å²) in [4.78, 5) is 12.6. The highest BCUT2D eigenvalue weighted by Crippen LogP contribution is 2.42. The fourth-order valence-corrected chi connectivity index (χ4v) is 1.34. The maximum absolute atomic E-state index is 10.9. The van der Waals surface area contributed by atoms with Crippen LogP contribution in [0.1, 0.15) is 6.42 Å². The van der Waals surface area contributed by atoms with Crippen LogP contribution in [-0.4, -0.2) is 24.1 Å². The van der Waals surface area contributed by atoms with Gasteiger partial charge in [0.05, 0.1) is 7.11 Å². The highest BCUT2D eigenvalue weighted by molar-refractivity contribution is 5.70. The molecular weight excluding hydrogens is 130 g/mol. The van der Waals surface area contributed by atoms with Crippen LogP contribution in [-0.2, 0) is 4.74 Å². The van der Waals surface area contributed by atoms with Crippen molar-refractivity contribution >= 4 is 6.09 Å². The van der Waals surface area contributed by atoms with Gasteiger partial charge in [0.15, 0.2) is 0 Å². The highest BCUT2D eigenvalue weighted by Gasteiger charge is 2.45. The molecule has 0 N–H and O–H groups in total. The second-order valence-electron chi connectivity index (χ2n) is 2.69. The van der Waals surface area contributed by atoms with Crippen LogP contribution in [0.25, 0.3) is 0 Å². The van der Waals surface area contributed by atoms with E-state index >= 15 is 0 Å². The molecule has 0 radical (unpaired) electrons. The van der Waals surface area contributed by atoms with Crippen molar-refractivity contribution in [1.82, 2.24) is 4.90 Å². The number of carbonyl (C=O) groups excluding carboxylic acids is 1. The number of hydrogen-bond donors (Lipinski definition) is 0. The van der Waals surface area contributed by atoms with Gasteiger partial charge in [-0.1, -0.05) is 6.08 Å². The standard InChI is InChI=1S/C7H9NO2/c1-10-7(9)8-3-2-5-4-6(5)8/h2-3,5-6H,4H2,1H3. The van der Waals surface area contributed by atoms with E-state index in [1.54, 1.807) is 4.90 Å². The molecule has 3 nitrogen and oxygen atoms in total. The molecule has 1 aliphatic heterocycles. The maximum atomic E-state index is 10.9. The minimum absolute atomic E-state index is 0.235. The molecule has 54 valence electrons. The van der Waals surface area contributed by atoms with E-state index in [-0.39, 0.29) is 6.09 Å². The first-order chi connectivity index (χ1) is 4.83. The summed E-state index contributed by atoms with van der Waals surface area (Å²) in [6.45, 7) is 0. The van der Waals surface area contributed by atoms with E-state index in [2.05, 4.69) is 10.8 Å². The Morgan fingerprint density at radius 2 is 2.60 bits per heavy atom. The Morgan fingerprint density at radius 1 is 1.80 bits per heavy atom. The van der Waals surface area contributed by atoms with Crippen LogP contribution in [0.15, 0.2) is 12.3 Å². The number of ether oxygens (including phenoxy) is 1. The number of rotatable bonds is 0. The van der Waals surface area contributed by atoms with Gasteiger partial charge in [-0.3, -0.25) is 4.90 Å².